The lowest BCUT2D eigenvalue weighted by Gasteiger charge is -2.12. The fourth-order valence-electron chi connectivity index (χ4n) is 3.25. The third-order valence-corrected chi connectivity index (χ3v) is 5.37. The first-order chi connectivity index (χ1) is 16.4. The topological polar surface area (TPSA) is 94.7 Å². The molecule has 0 atom stereocenters. The van der Waals surface area contributed by atoms with Gasteiger partial charge in [-0.05, 0) is 30.5 Å². The van der Waals surface area contributed by atoms with Crippen molar-refractivity contribution in [2.45, 2.75) is 26.4 Å². The van der Waals surface area contributed by atoms with Gasteiger partial charge in [-0.3, -0.25) is 9.59 Å². The van der Waals surface area contributed by atoms with E-state index >= 15 is 0 Å². The molecular formula is C25H23ClFNO6. The molecule has 0 aliphatic rings. The van der Waals surface area contributed by atoms with Gasteiger partial charge in [-0.15, -0.1) is 0 Å². The van der Waals surface area contributed by atoms with Crippen LogP contribution in [0.5, 0.6) is 11.5 Å². The monoisotopic (exact) mass is 487 g/mol. The van der Waals surface area contributed by atoms with E-state index in [1.54, 1.807) is 31.2 Å². The Hall–Kier alpha value is -3.65. The summed E-state index contributed by atoms with van der Waals surface area (Å²) in [6.45, 7) is 1.72. The number of aryl methyl sites for hydroxylation is 1. The van der Waals surface area contributed by atoms with Crippen molar-refractivity contribution >= 4 is 23.4 Å². The van der Waals surface area contributed by atoms with E-state index in [1.165, 1.54) is 19.2 Å². The van der Waals surface area contributed by atoms with Gasteiger partial charge >= 0.3 is 5.97 Å². The highest BCUT2D eigenvalue weighted by Gasteiger charge is 2.23. The number of H-pyrrole nitrogens is 1. The molecule has 0 fully saturated rings. The smallest absolute Gasteiger partial charge is 0.358 e. The van der Waals surface area contributed by atoms with Crippen LogP contribution in [0.3, 0.4) is 0 Å². The van der Waals surface area contributed by atoms with Crippen molar-refractivity contribution in [1.29, 1.82) is 0 Å². The van der Waals surface area contributed by atoms with Gasteiger partial charge in [0, 0.05) is 12.6 Å². The fraction of sp³-hybridized carbons (Fsp3) is 0.240. The van der Waals surface area contributed by atoms with Crippen molar-refractivity contribution in [2.24, 2.45) is 0 Å². The number of hydrogen-bond donors (Lipinski definition) is 1. The van der Waals surface area contributed by atoms with Gasteiger partial charge in [0.2, 0.25) is 5.43 Å². The Morgan fingerprint density at radius 2 is 1.85 bits per heavy atom. The molecule has 0 aliphatic heterocycles. The third kappa shape index (κ3) is 5.63. The lowest BCUT2D eigenvalue weighted by molar-refractivity contribution is 0.0513. The van der Waals surface area contributed by atoms with Crippen molar-refractivity contribution in [3.8, 4) is 11.5 Å². The Labute approximate surface area is 200 Å². The zero-order valence-corrected chi connectivity index (χ0v) is 19.4. The number of halogens is 2. The van der Waals surface area contributed by atoms with Gasteiger partial charge in [0.15, 0.2) is 17.2 Å². The number of carbonyl (C=O) groups excluding carboxylic acids is 2. The number of methoxy groups -OCH3 is 1. The van der Waals surface area contributed by atoms with Gasteiger partial charge in [0.05, 0.1) is 19.3 Å². The standard InChI is InChI=1S/C25H23ClFNO6/c1-3-33-25(31)22-24(34-14-15-7-5-4-6-8-15)23(30)17(13-28-22)18(29)11-9-16-10-12-19(32-2)20(26)21(16)27/h4-8,10,12-13H,3,9,11,14H2,1-2H3,(H,28,30). The molecule has 0 aliphatic carbocycles. The van der Waals surface area contributed by atoms with Crippen molar-refractivity contribution in [3.63, 3.8) is 0 Å². The maximum absolute atomic E-state index is 14.5. The second-order valence-corrected chi connectivity index (χ2v) is 7.59. The van der Waals surface area contributed by atoms with Crippen LogP contribution in [0.2, 0.25) is 5.02 Å². The first-order valence-corrected chi connectivity index (χ1v) is 10.9. The summed E-state index contributed by atoms with van der Waals surface area (Å²) >= 11 is 5.93. The van der Waals surface area contributed by atoms with Crippen molar-refractivity contribution in [2.75, 3.05) is 13.7 Å². The Bertz CT molecular complexity index is 1240. The van der Waals surface area contributed by atoms with Gasteiger partial charge in [-0.2, -0.15) is 0 Å². The van der Waals surface area contributed by atoms with Crippen LogP contribution in [0.25, 0.3) is 0 Å². The van der Waals surface area contributed by atoms with Crippen LogP contribution in [0.15, 0.2) is 53.5 Å². The van der Waals surface area contributed by atoms with Crippen LogP contribution < -0.4 is 14.9 Å². The number of Topliss-reactive ketones (excluding diaryl/α,β-unsaturated/α-hetero) is 1. The second kappa shape index (κ2) is 11.5. The fourth-order valence-corrected chi connectivity index (χ4v) is 3.51. The summed E-state index contributed by atoms with van der Waals surface area (Å²) in [6.07, 6.45) is 0.983. The first-order valence-electron chi connectivity index (χ1n) is 10.5. The van der Waals surface area contributed by atoms with Crippen molar-refractivity contribution in [1.82, 2.24) is 4.98 Å². The molecule has 0 saturated heterocycles. The molecule has 0 unspecified atom stereocenters. The number of hydrogen-bond acceptors (Lipinski definition) is 6. The summed E-state index contributed by atoms with van der Waals surface area (Å²) in [5, 5.41) is -0.180. The average molecular weight is 488 g/mol. The second-order valence-electron chi connectivity index (χ2n) is 7.21. The maximum atomic E-state index is 14.5. The van der Waals surface area contributed by atoms with Crippen molar-refractivity contribution in [3.05, 3.63) is 92.1 Å². The molecule has 7 nitrogen and oxygen atoms in total. The Morgan fingerprint density at radius 1 is 1.12 bits per heavy atom. The SMILES string of the molecule is CCOC(=O)c1[nH]cc(C(=O)CCc2ccc(OC)c(Cl)c2F)c(=O)c1OCc1ccccc1. The van der Waals surface area contributed by atoms with Crippen LogP contribution >= 0.6 is 11.6 Å². The van der Waals surface area contributed by atoms with E-state index < -0.39 is 23.0 Å². The van der Waals surface area contributed by atoms with Crippen LogP contribution in [0.4, 0.5) is 4.39 Å². The highest BCUT2D eigenvalue weighted by molar-refractivity contribution is 6.32. The molecule has 34 heavy (non-hydrogen) atoms. The highest BCUT2D eigenvalue weighted by Crippen LogP contribution is 2.30. The minimum atomic E-state index is -0.781. The van der Waals surface area contributed by atoms with Crippen molar-refractivity contribution < 1.29 is 28.2 Å². The summed E-state index contributed by atoms with van der Waals surface area (Å²) in [6, 6.07) is 12.0. The normalized spacial score (nSPS) is 10.6. The highest BCUT2D eigenvalue weighted by atomic mass is 35.5. The van der Waals surface area contributed by atoms with E-state index in [0.29, 0.717) is 0 Å². The predicted molar refractivity (Wildman–Crippen MR) is 124 cm³/mol. The molecule has 2 aromatic carbocycles. The summed E-state index contributed by atoms with van der Waals surface area (Å²) in [5.74, 6) is -2.15. The molecule has 3 rings (SSSR count). The Kier molecular flexibility index (Phi) is 8.43. The summed E-state index contributed by atoms with van der Waals surface area (Å²) < 4.78 is 30.1. The lowest BCUT2D eigenvalue weighted by Crippen LogP contribution is -2.23. The molecule has 3 aromatic rings. The Morgan fingerprint density at radius 3 is 2.53 bits per heavy atom. The van der Waals surface area contributed by atoms with E-state index in [-0.39, 0.29) is 59.4 Å². The molecule has 0 saturated carbocycles. The van der Waals surface area contributed by atoms with E-state index in [2.05, 4.69) is 4.98 Å². The van der Waals surface area contributed by atoms with E-state index in [1.807, 2.05) is 6.07 Å². The number of ether oxygens (including phenoxy) is 3. The molecule has 0 radical (unpaired) electrons. The average Bonchev–Trinajstić information content (AvgIpc) is 2.84. The predicted octanol–water partition coefficient (Wildman–Crippen LogP) is 4.75. The van der Waals surface area contributed by atoms with E-state index in [0.717, 1.165) is 11.8 Å². The minimum Gasteiger partial charge on any atom is -0.495 e. The summed E-state index contributed by atoms with van der Waals surface area (Å²) in [5.41, 5.74) is -0.182. The summed E-state index contributed by atoms with van der Waals surface area (Å²) in [4.78, 5) is 40.9. The number of rotatable bonds is 10. The molecule has 178 valence electrons. The number of aromatic nitrogens is 1. The molecule has 0 bridgehead atoms. The maximum Gasteiger partial charge on any atom is 0.358 e. The molecule has 1 N–H and O–H groups in total. The number of nitrogens with one attached hydrogen (secondary N) is 1. The third-order valence-electron chi connectivity index (χ3n) is 5.01. The van der Waals surface area contributed by atoms with Crippen LogP contribution in [-0.2, 0) is 17.8 Å². The lowest BCUT2D eigenvalue weighted by atomic mass is 10.0. The molecule has 1 aromatic heterocycles. The molecule has 9 heteroatoms. The van der Waals surface area contributed by atoms with Crippen LogP contribution in [-0.4, -0.2) is 30.5 Å². The minimum absolute atomic E-state index is 0.00350. The number of pyridine rings is 1. The zero-order valence-electron chi connectivity index (χ0n) is 18.7. The van der Waals surface area contributed by atoms with Crippen LogP contribution in [0, 0.1) is 5.82 Å². The number of benzene rings is 2. The largest absolute Gasteiger partial charge is 0.495 e. The first kappa shape index (κ1) is 25.0. The molecule has 0 amide bonds. The van der Waals surface area contributed by atoms with Gasteiger partial charge in [-0.25, -0.2) is 9.18 Å². The number of esters is 1. The van der Waals surface area contributed by atoms with Gasteiger partial charge in [0.1, 0.15) is 23.2 Å². The number of carbonyl (C=O) groups is 2. The zero-order chi connectivity index (χ0) is 24.7. The summed E-state index contributed by atoms with van der Waals surface area (Å²) in [7, 11) is 1.37. The van der Waals surface area contributed by atoms with Gasteiger partial charge < -0.3 is 19.2 Å². The quantitative estimate of drug-likeness (QED) is 0.327. The number of aromatic amines is 1. The Balaban J connectivity index is 1.86. The number of ketones is 1. The van der Waals surface area contributed by atoms with Gasteiger partial charge in [-0.1, -0.05) is 48.0 Å². The molecule has 1 heterocycles. The molecular weight excluding hydrogens is 465 g/mol. The van der Waals surface area contributed by atoms with E-state index in [9.17, 15) is 18.8 Å². The molecule has 0 spiro atoms. The van der Waals surface area contributed by atoms with Gasteiger partial charge in [0.25, 0.3) is 0 Å². The van der Waals surface area contributed by atoms with Crippen LogP contribution in [0.1, 0.15) is 45.3 Å². The van der Waals surface area contributed by atoms with E-state index in [4.69, 9.17) is 25.8 Å².